The summed E-state index contributed by atoms with van der Waals surface area (Å²) in [6.07, 6.45) is -3.07. The average molecular weight is 276 g/mol. The van der Waals surface area contributed by atoms with Crippen LogP contribution < -0.4 is 5.73 Å². The number of rotatable bonds is 2. The second kappa shape index (κ2) is 4.66. The second-order valence-corrected chi connectivity index (χ2v) is 4.64. The van der Waals surface area contributed by atoms with Crippen LogP contribution in [0.15, 0.2) is 24.4 Å². The molecule has 7 heteroatoms. The summed E-state index contributed by atoms with van der Waals surface area (Å²) in [4.78, 5) is 4.55. The average Bonchev–Trinajstić information content (AvgIpc) is 2.76. The Morgan fingerprint density at radius 1 is 1.28 bits per heavy atom. The maximum absolute atomic E-state index is 13.5. The molecule has 0 atom stereocenters. The lowest BCUT2D eigenvalue weighted by molar-refractivity contribution is -0.137. The van der Waals surface area contributed by atoms with Gasteiger partial charge in [-0.3, -0.25) is 0 Å². The number of aromatic nitrogens is 1. The molecule has 2 aromatic rings. The highest BCUT2D eigenvalue weighted by molar-refractivity contribution is 7.15. The first kappa shape index (κ1) is 13.0. The molecular formula is C11H8F4N2S. The van der Waals surface area contributed by atoms with Crippen LogP contribution in [0.4, 0.5) is 17.6 Å². The molecule has 0 aliphatic carbocycles. The molecule has 0 spiro atoms. The van der Waals surface area contributed by atoms with Gasteiger partial charge in [-0.05, 0) is 18.2 Å². The molecule has 18 heavy (non-hydrogen) atoms. The molecule has 0 amide bonds. The monoisotopic (exact) mass is 276 g/mol. The highest BCUT2D eigenvalue weighted by Crippen LogP contribution is 2.34. The Bertz CT molecular complexity index is 562. The summed E-state index contributed by atoms with van der Waals surface area (Å²) in [7, 11) is 0. The van der Waals surface area contributed by atoms with Crippen LogP contribution in [0, 0.1) is 5.82 Å². The molecule has 2 rings (SSSR count). The molecular weight excluding hydrogens is 268 g/mol. The summed E-state index contributed by atoms with van der Waals surface area (Å²) in [5.74, 6) is -0.735. The van der Waals surface area contributed by atoms with Gasteiger partial charge in [-0.2, -0.15) is 13.2 Å². The SMILES string of the molecule is NCc1cnc(-c2cc(C(F)(F)F)ccc2F)s1. The van der Waals surface area contributed by atoms with Gasteiger partial charge in [-0.1, -0.05) is 0 Å². The van der Waals surface area contributed by atoms with Crippen molar-refractivity contribution in [2.24, 2.45) is 5.73 Å². The standard InChI is InChI=1S/C11H8F4N2S/c12-9-2-1-6(11(13,14)15)3-8(9)10-17-5-7(4-16)18-10/h1-3,5H,4,16H2. The van der Waals surface area contributed by atoms with Gasteiger partial charge >= 0.3 is 6.18 Å². The number of benzene rings is 1. The topological polar surface area (TPSA) is 38.9 Å². The number of hydrogen-bond donors (Lipinski definition) is 1. The van der Waals surface area contributed by atoms with Crippen molar-refractivity contribution in [1.82, 2.24) is 4.98 Å². The number of nitrogens with two attached hydrogens (primary N) is 1. The summed E-state index contributed by atoms with van der Waals surface area (Å²) in [5, 5.41) is 0.194. The zero-order valence-electron chi connectivity index (χ0n) is 8.96. The molecule has 2 N–H and O–H groups in total. The number of nitrogens with zero attached hydrogens (tertiary/aromatic N) is 1. The van der Waals surface area contributed by atoms with E-state index in [-0.39, 0.29) is 17.1 Å². The molecule has 2 nitrogen and oxygen atoms in total. The zero-order valence-corrected chi connectivity index (χ0v) is 9.78. The van der Waals surface area contributed by atoms with Gasteiger partial charge < -0.3 is 5.73 Å². The van der Waals surface area contributed by atoms with E-state index in [0.717, 1.165) is 23.5 Å². The van der Waals surface area contributed by atoms with E-state index in [1.165, 1.54) is 6.20 Å². The van der Waals surface area contributed by atoms with E-state index in [9.17, 15) is 17.6 Å². The van der Waals surface area contributed by atoms with Crippen LogP contribution in [0.5, 0.6) is 0 Å². The Balaban J connectivity index is 2.49. The van der Waals surface area contributed by atoms with Crippen LogP contribution in [-0.4, -0.2) is 4.98 Å². The fourth-order valence-corrected chi connectivity index (χ4v) is 2.20. The maximum Gasteiger partial charge on any atom is 0.416 e. The Hall–Kier alpha value is -1.47. The van der Waals surface area contributed by atoms with Gasteiger partial charge in [-0.15, -0.1) is 11.3 Å². The molecule has 0 unspecified atom stereocenters. The van der Waals surface area contributed by atoms with Gasteiger partial charge in [0.2, 0.25) is 0 Å². The first-order chi connectivity index (χ1) is 8.41. The van der Waals surface area contributed by atoms with Gasteiger partial charge in [0.15, 0.2) is 0 Å². The van der Waals surface area contributed by atoms with E-state index >= 15 is 0 Å². The number of alkyl halides is 3. The minimum Gasteiger partial charge on any atom is -0.326 e. The van der Waals surface area contributed by atoms with Crippen LogP contribution in [0.3, 0.4) is 0 Å². The molecule has 1 aromatic carbocycles. The predicted molar refractivity (Wildman–Crippen MR) is 60.4 cm³/mol. The largest absolute Gasteiger partial charge is 0.416 e. The molecule has 0 saturated heterocycles. The van der Waals surface area contributed by atoms with Crippen LogP contribution in [0.25, 0.3) is 10.6 Å². The first-order valence-corrected chi connectivity index (χ1v) is 5.75. The van der Waals surface area contributed by atoms with Gasteiger partial charge in [-0.25, -0.2) is 9.37 Å². The van der Waals surface area contributed by atoms with Crippen molar-refractivity contribution in [3.63, 3.8) is 0 Å². The minimum absolute atomic E-state index is 0.158. The van der Waals surface area contributed by atoms with Gasteiger partial charge in [0.05, 0.1) is 5.56 Å². The van der Waals surface area contributed by atoms with E-state index in [4.69, 9.17) is 5.73 Å². The van der Waals surface area contributed by atoms with Crippen molar-refractivity contribution in [2.45, 2.75) is 12.7 Å². The Morgan fingerprint density at radius 2 is 2.00 bits per heavy atom. The van der Waals surface area contributed by atoms with Crippen LogP contribution in [0.1, 0.15) is 10.4 Å². The zero-order chi connectivity index (χ0) is 13.3. The van der Waals surface area contributed by atoms with E-state index in [0.29, 0.717) is 10.9 Å². The van der Waals surface area contributed by atoms with Gasteiger partial charge in [0, 0.05) is 23.2 Å². The first-order valence-electron chi connectivity index (χ1n) is 4.93. The summed E-state index contributed by atoms with van der Waals surface area (Å²) in [6, 6.07) is 2.26. The van der Waals surface area contributed by atoms with E-state index < -0.39 is 17.6 Å². The molecule has 0 fully saturated rings. The van der Waals surface area contributed by atoms with Crippen molar-refractivity contribution >= 4 is 11.3 Å². The molecule has 0 aliphatic rings. The minimum atomic E-state index is -4.50. The fraction of sp³-hybridized carbons (Fsp3) is 0.182. The van der Waals surface area contributed by atoms with E-state index in [1.54, 1.807) is 0 Å². The van der Waals surface area contributed by atoms with Crippen molar-refractivity contribution in [1.29, 1.82) is 0 Å². The van der Waals surface area contributed by atoms with E-state index in [1.807, 2.05) is 0 Å². The molecule has 1 aromatic heterocycles. The second-order valence-electron chi connectivity index (χ2n) is 3.53. The van der Waals surface area contributed by atoms with Crippen LogP contribution in [-0.2, 0) is 12.7 Å². The van der Waals surface area contributed by atoms with Crippen molar-refractivity contribution in [3.8, 4) is 10.6 Å². The van der Waals surface area contributed by atoms with Crippen molar-refractivity contribution in [3.05, 3.63) is 40.7 Å². The summed E-state index contributed by atoms with van der Waals surface area (Å²) in [6.45, 7) is 0.220. The third-order valence-corrected chi connectivity index (χ3v) is 3.33. The lowest BCUT2D eigenvalue weighted by Gasteiger charge is -2.08. The Labute approximate surface area is 104 Å². The van der Waals surface area contributed by atoms with Crippen LogP contribution >= 0.6 is 11.3 Å². The quantitative estimate of drug-likeness (QED) is 0.853. The molecule has 0 saturated carbocycles. The third-order valence-electron chi connectivity index (χ3n) is 2.28. The molecule has 0 radical (unpaired) electrons. The third kappa shape index (κ3) is 2.51. The number of halogens is 4. The lowest BCUT2D eigenvalue weighted by atomic mass is 10.1. The maximum atomic E-state index is 13.5. The highest BCUT2D eigenvalue weighted by atomic mass is 32.1. The smallest absolute Gasteiger partial charge is 0.326 e. The van der Waals surface area contributed by atoms with Crippen molar-refractivity contribution in [2.75, 3.05) is 0 Å². The highest BCUT2D eigenvalue weighted by Gasteiger charge is 2.31. The van der Waals surface area contributed by atoms with Gasteiger partial charge in [0.1, 0.15) is 10.8 Å². The fourth-order valence-electron chi connectivity index (χ4n) is 1.39. The Morgan fingerprint density at radius 3 is 2.56 bits per heavy atom. The normalized spacial score (nSPS) is 11.8. The Kier molecular flexibility index (Phi) is 3.36. The molecule has 0 bridgehead atoms. The van der Waals surface area contributed by atoms with Crippen LogP contribution in [0.2, 0.25) is 0 Å². The predicted octanol–water partition coefficient (Wildman–Crippen LogP) is 3.43. The molecule has 1 heterocycles. The summed E-state index contributed by atoms with van der Waals surface area (Å²) >= 11 is 1.08. The number of thiazole rings is 1. The lowest BCUT2D eigenvalue weighted by Crippen LogP contribution is -2.05. The van der Waals surface area contributed by atoms with Crippen molar-refractivity contribution < 1.29 is 17.6 Å². The van der Waals surface area contributed by atoms with E-state index in [2.05, 4.69) is 4.98 Å². The van der Waals surface area contributed by atoms with Gasteiger partial charge in [0.25, 0.3) is 0 Å². The molecule has 96 valence electrons. The summed E-state index contributed by atoms with van der Waals surface area (Å²) in [5.41, 5.74) is 4.32. The number of hydrogen-bond acceptors (Lipinski definition) is 3. The molecule has 0 aliphatic heterocycles. The summed E-state index contributed by atoms with van der Waals surface area (Å²) < 4.78 is 51.1.